The van der Waals surface area contributed by atoms with E-state index in [1.807, 2.05) is 16.7 Å². The molecule has 2 heterocycles. The van der Waals surface area contributed by atoms with Gasteiger partial charge in [0.25, 0.3) is 0 Å². The van der Waals surface area contributed by atoms with E-state index in [4.69, 9.17) is 5.11 Å². The van der Waals surface area contributed by atoms with Gasteiger partial charge >= 0.3 is 5.97 Å². The van der Waals surface area contributed by atoms with E-state index in [2.05, 4.69) is 37.0 Å². The van der Waals surface area contributed by atoms with Gasteiger partial charge in [-0.05, 0) is 42.7 Å². The molecule has 0 radical (unpaired) electrons. The summed E-state index contributed by atoms with van der Waals surface area (Å²) in [5, 5.41) is 8.96. The topological polar surface area (TPSA) is 54.6 Å². The van der Waals surface area contributed by atoms with Crippen LogP contribution in [0.3, 0.4) is 0 Å². The van der Waals surface area contributed by atoms with Gasteiger partial charge in [0.15, 0.2) is 5.69 Å². The average molecular weight is 266 g/mol. The molecule has 3 aromatic rings. The number of aromatic carboxylic acids is 1. The van der Waals surface area contributed by atoms with Crippen LogP contribution in [0.4, 0.5) is 0 Å². The zero-order chi connectivity index (χ0) is 14.3. The minimum atomic E-state index is -1.01. The number of fused-ring (bicyclic) bond motifs is 1. The van der Waals surface area contributed by atoms with Gasteiger partial charge in [-0.25, -0.2) is 9.78 Å². The second-order valence-corrected chi connectivity index (χ2v) is 4.94. The number of aromatic nitrogens is 2. The maximum Gasteiger partial charge on any atom is 0.354 e. The largest absolute Gasteiger partial charge is 0.477 e. The zero-order valence-corrected chi connectivity index (χ0v) is 11.3. The van der Waals surface area contributed by atoms with E-state index in [1.54, 1.807) is 6.07 Å². The molecule has 100 valence electrons. The van der Waals surface area contributed by atoms with Crippen LogP contribution < -0.4 is 0 Å². The molecule has 0 aliphatic rings. The van der Waals surface area contributed by atoms with E-state index in [0.717, 1.165) is 16.6 Å². The molecule has 0 aliphatic heterocycles. The first-order valence-electron chi connectivity index (χ1n) is 6.33. The molecule has 0 atom stereocenters. The van der Waals surface area contributed by atoms with E-state index in [9.17, 15) is 4.79 Å². The molecule has 0 amide bonds. The molecule has 20 heavy (non-hydrogen) atoms. The number of carbonyl (C=O) groups is 1. The summed E-state index contributed by atoms with van der Waals surface area (Å²) in [5.41, 5.74) is 5.55. The van der Waals surface area contributed by atoms with E-state index in [-0.39, 0.29) is 5.69 Å². The fourth-order valence-corrected chi connectivity index (χ4v) is 2.21. The third-order valence-electron chi connectivity index (χ3n) is 3.54. The molecular formula is C16H14N2O2. The molecule has 0 saturated carbocycles. The molecule has 0 spiro atoms. The number of hydrogen-bond donors (Lipinski definition) is 1. The molecule has 1 aromatic carbocycles. The lowest BCUT2D eigenvalue weighted by Gasteiger charge is -2.02. The second kappa shape index (κ2) is 4.49. The van der Waals surface area contributed by atoms with E-state index >= 15 is 0 Å². The van der Waals surface area contributed by atoms with Crippen molar-refractivity contribution in [2.75, 3.05) is 0 Å². The summed E-state index contributed by atoms with van der Waals surface area (Å²) in [6.45, 7) is 4.16. The Hall–Kier alpha value is -2.62. The van der Waals surface area contributed by atoms with Gasteiger partial charge in [-0.2, -0.15) is 0 Å². The van der Waals surface area contributed by atoms with Gasteiger partial charge < -0.3 is 9.51 Å². The Balaban J connectivity index is 2.12. The summed E-state index contributed by atoms with van der Waals surface area (Å²) in [7, 11) is 0. The maximum absolute atomic E-state index is 10.9. The highest BCUT2D eigenvalue weighted by molar-refractivity contribution is 5.87. The smallest absolute Gasteiger partial charge is 0.354 e. The lowest BCUT2D eigenvalue weighted by Crippen LogP contribution is -2.00. The van der Waals surface area contributed by atoms with Gasteiger partial charge in [0.2, 0.25) is 0 Å². The Bertz CT molecular complexity index is 818. The van der Waals surface area contributed by atoms with Crippen molar-refractivity contribution in [2.24, 2.45) is 0 Å². The van der Waals surface area contributed by atoms with Crippen LogP contribution in [0, 0.1) is 13.8 Å². The van der Waals surface area contributed by atoms with Crippen LogP contribution in [-0.4, -0.2) is 20.5 Å². The van der Waals surface area contributed by atoms with Crippen molar-refractivity contribution in [1.29, 1.82) is 0 Å². The number of carboxylic acids is 1. The first-order chi connectivity index (χ1) is 9.54. The van der Waals surface area contributed by atoms with Gasteiger partial charge in [0.05, 0.1) is 0 Å². The summed E-state index contributed by atoms with van der Waals surface area (Å²) >= 11 is 0. The second-order valence-electron chi connectivity index (χ2n) is 4.94. The summed E-state index contributed by atoms with van der Waals surface area (Å²) in [5.74, 6) is -1.01. The summed E-state index contributed by atoms with van der Waals surface area (Å²) in [6, 6.07) is 9.84. The lowest BCUT2D eigenvalue weighted by molar-refractivity contribution is 0.0690. The zero-order valence-electron chi connectivity index (χ0n) is 11.3. The van der Waals surface area contributed by atoms with Gasteiger partial charge in [-0.3, -0.25) is 0 Å². The van der Waals surface area contributed by atoms with E-state index < -0.39 is 5.97 Å². The Morgan fingerprint density at radius 2 is 1.90 bits per heavy atom. The fraction of sp³-hybridized carbons (Fsp3) is 0.125. The quantitative estimate of drug-likeness (QED) is 0.774. The maximum atomic E-state index is 10.9. The van der Waals surface area contributed by atoms with Crippen molar-refractivity contribution in [2.45, 2.75) is 13.8 Å². The van der Waals surface area contributed by atoms with Crippen molar-refractivity contribution < 1.29 is 9.90 Å². The Morgan fingerprint density at radius 1 is 1.10 bits per heavy atom. The number of nitrogens with zero attached hydrogens (tertiary/aromatic N) is 2. The van der Waals surface area contributed by atoms with Gasteiger partial charge in [0.1, 0.15) is 6.33 Å². The highest BCUT2D eigenvalue weighted by atomic mass is 16.4. The molecule has 0 unspecified atom stereocenters. The third kappa shape index (κ3) is 2.05. The minimum Gasteiger partial charge on any atom is -0.477 e. The molecular weight excluding hydrogens is 252 g/mol. The predicted octanol–water partition coefficient (Wildman–Crippen LogP) is 3.32. The fourth-order valence-electron chi connectivity index (χ4n) is 2.21. The van der Waals surface area contributed by atoms with Crippen LogP contribution >= 0.6 is 0 Å². The van der Waals surface area contributed by atoms with Crippen molar-refractivity contribution >= 4 is 11.5 Å². The average Bonchev–Trinajstić information content (AvgIpc) is 2.84. The lowest BCUT2D eigenvalue weighted by atomic mass is 10.0. The number of benzene rings is 1. The highest BCUT2D eigenvalue weighted by Crippen LogP contribution is 2.24. The molecule has 0 bridgehead atoms. The minimum absolute atomic E-state index is 0.0576. The Kier molecular flexibility index (Phi) is 2.79. The van der Waals surface area contributed by atoms with Crippen molar-refractivity contribution in [3.05, 3.63) is 59.7 Å². The van der Waals surface area contributed by atoms with Crippen LogP contribution in [0.2, 0.25) is 0 Å². The molecule has 4 nitrogen and oxygen atoms in total. The van der Waals surface area contributed by atoms with Crippen LogP contribution in [0.15, 0.2) is 42.9 Å². The molecule has 1 N–H and O–H groups in total. The highest BCUT2D eigenvalue weighted by Gasteiger charge is 2.08. The molecule has 0 saturated heterocycles. The summed E-state index contributed by atoms with van der Waals surface area (Å²) in [4.78, 5) is 14.8. The number of rotatable bonds is 2. The standard InChI is InChI=1S/C16H14N2O2/c1-10-3-4-12(5-11(10)2)13-6-14-7-15(16(19)20)17-9-18(14)8-13/h3-9H,1-2H3,(H,19,20). The van der Waals surface area contributed by atoms with E-state index in [0.29, 0.717) is 0 Å². The third-order valence-corrected chi connectivity index (χ3v) is 3.54. The van der Waals surface area contributed by atoms with Crippen LogP contribution in [0.5, 0.6) is 0 Å². The molecule has 0 fully saturated rings. The summed E-state index contributed by atoms with van der Waals surface area (Å²) in [6.07, 6.45) is 3.49. The SMILES string of the molecule is Cc1ccc(-c2cc3cc(C(=O)O)ncn3c2)cc1C. The Morgan fingerprint density at radius 3 is 2.60 bits per heavy atom. The number of hydrogen-bond acceptors (Lipinski definition) is 2. The van der Waals surface area contributed by atoms with Crippen LogP contribution in [-0.2, 0) is 0 Å². The molecule has 0 aliphatic carbocycles. The van der Waals surface area contributed by atoms with Crippen molar-refractivity contribution in [3.8, 4) is 11.1 Å². The molecule has 3 rings (SSSR count). The molecule has 4 heteroatoms. The Labute approximate surface area is 116 Å². The predicted molar refractivity (Wildman–Crippen MR) is 77.1 cm³/mol. The normalized spacial score (nSPS) is 10.9. The van der Waals surface area contributed by atoms with Gasteiger partial charge in [-0.1, -0.05) is 18.2 Å². The van der Waals surface area contributed by atoms with Crippen LogP contribution in [0.1, 0.15) is 21.6 Å². The number of aryl methyl sites for hydroxylation is 2. The summed E-state index contributed by atoms with van der Waals surface area (Å²) < 4.78 is 1.83. The first-order valence-corrected chi connectivity index (χ1v) is 6.33. The van der Waals surface area contributed by atoms with E-state index in [1.165, 1.54) is 17.5 Å². The number of carboxylic acid groups (broad SMARTS) is 1. The van der Waals surface area contributed by atoms with Crippen LogP contribution in [0.25, 0.3) is 16.6 Å². The first kappa shape index (κ1) is 12.4. The monoisotopic (exact) mass is 266 g/mol. The molecule has 2 aromatic heterocycles. The van der Waals surface area contributed by atoms with Crippen molar-refractivity contribution in [1.82, 2.24) is 9.38 Å². The van der Waals surface area contributed by atoms with Crippen molar-refractivity contribution in [3.63, 3.8) is 0 Å². The van der Waals surface area contributed by atoms with Gasteiger partial charge in [-0.15, -0.1) is 0 Å². The van der Waals surface area contributed by atoms with Gasteiger partial charge in [0, 0.05) is 17.3 Å².